The average molecular weight is 372 g/mol. The van der Waals surface area contributed by atoms with Crippen LogP contribution in [0.4, 0.5) is 5.13 Å². The second-order valence-corrected chi connectivity index (χ2v) is 7.32. The zero-order valence-electron chi connectivity index (χ0n) is 15.4. The summed E-state index contributed by atoms with van der Waals surface area (Å²) in [6.45, 7) is 9.34. The molecule has 0 atom stereocenters. The standard InChI is InChI=1S/C19H24N4O2S/c1-13-8-15(3)16(9-14(13)2)11-20-22-18(24)10-17-12-26-19(21-17)23-4-6-25-7-5-23/h8-9,11-12H,4-7,10H2,1-3H3,(H,22,24)/b20-11-. The number of aromatic nitrogens is 1. The van der Waals surface area contributed by atoms with Crippen LogP contribution >= 0.6 is 11.3 Å². The van der Waals surface area contributed by atoms with E-state index in [2.05, 4.69) is 46.4 Å². The third-order valence-corrected chi connectivity index (χ3v) is 5.39. The van der Waals surface area contributed by atoms with Gasteiger partial charge >= 0.3 is 0 Å². The number of hydrogen-bond acceptors (Lipinski definition) is 6. The molecule has 1 N–H and O–H groups in total. The van der Waals surface area contributed by atoms with Gasteiger partial charge in [-0.05, 0) is 49.1 Å². The summed E-state index contributed by atoms with van der Waals surface area (Å²) in [6.07, 6.45) is 1.92. The van der Waals surface area contributed by atoms with Crippen molar-refractivity contribution in [1.82, 2.24) is 10.4 Å². The van der Waals surface area contributed by atoms with Crippen LogP contribution < -0.4 is 10.3 Å². The molecule has 1 fully saturated rings. The van der Waals surface area contributed by atoms with Crippen LogP contribution in [0.25, 0.3) is 0 Å². The summed E-state index contributed by atoms with van der Waals surface area (Å²) >= 11 is 1.56. The zero-order chi connectivity index (χ0) is 18.5. The van der Waals surface area contributed by atoms with E-state index in [0.717, 1.165) is 48.3 Å². The van der Waals surface area contributed by atoms with Gasteiger partial charge in [-0.25, -0.2) is 10.4 Å². The second-order valence-electron chi connectivity index (χ2n) is 6.48. The molecule has 1 aromatic heterocycles. The minimum absolute atomic E-state index is 0.165. The first kappa shape index (κ1) is 18.5. The molecule has 2 aromatic rings. The predicted octanol–water partition coefficient (Wildman–Crippen LogP) is 2.60. The van der Waals surface area contributed by atoms with Gasteiger partial charge in [0.15, 0.2) is 5.13 Å². The quantitative estimate of drug-likeness (QED) is 0.647. The topological polar surface area (TPSA) is 66.8 Å². The summed E-state index contributed by atoms with van der Waals surface area (Å²) in [4.78, 5) is 18.8. The first-order chi connectivity index (χ1) is 12.5. The fraction of sp³-hybridized carbons (Fsp3) is 0.421. The lowest BCUT2D eigenvalue weighted by Gasteiger charge is -2.26. The molecule has 26 heavy (non-hydrogen) atoms. The number of hydrogen-bond donors (Lipinski definition) is 1. The molecular formula is C19H24N4O2S. The maximum Gasteiger partial charge on any atom is 0.246 e. The van der Waals surface area contributed by atoms with Crippen LogP contribution in [0.15, 0.2) is 22.6 Å². The van der Waals surface area contributed by atoms with E-state index in [-0.39, 0.29) is 12.3 Å². The number of anilines is 1. The van der Waals surface area contributed by atoms with Crippen molar-refractivity contribution in [3.63, 3.8) is 0 Å². The number of ether oxygens (including phenoxy) is 1. The largest absolute Gasteiger partial charge is 0.378 e. The lowest BCUT2D eigenvalue weighted by Crippen LogP contribution is -2.36. The van der Waals surface area contributed by atoms with Gasteiger partial charge in [0.25, 0.3) is 0 Å². The fourth-order valence-electron chi connectivity index (χ4n) is 2.78. The number of aryl methyl sites for hydroxylation is 3. The van der Waals surface area contributed by atoms with Crippen molar-refractivity contribution in [3.05, 3.63) is 45.5 Å². The van der Waals surface area contributed by atoms with E-state index in [9.17, 15) is 4.79 Å². The minimum Gasteiger partial charge on any atom is -0.378 e. The number of amides is 1. The van der Waals surface area contributed by atoms with Crippen molar-refractivity contribution < 1.29 is 9.53 Å². The number of carbonyl (C=O) groups is 1. The highest BCUT2D eigenvalue weighted by molar-refractivity contribution is 7.13. The number of morpholine rings is 1. The average Bonchev–Trinajstić information content (AvgIpc) is 3.08. The van der Waals surface area contributed by atoms with Crippen LogP contribution in [0.1, 0.15) is 27.9 Å². The van der Waals surface area contributed by atoms with Gasteiger partial charge in [0.1, 0.15) is 0 Å². The Morgan fingerprint density at radius 2 is 2.00 bits per heavy atom. The molecule has 1 aromatic carbocycles. The van der Waals surface area contributed by atoms with E-state index in [0.29, 0.717) is 0 Å². The van der Waals surface area contributed by atoms with Gasteiger partial charge in [-0.1, -0.05) is 6.07 Å². The van der Waals surface area contributed by atoms with Gasteiger partial charge in [0, 0.05) is 18.5 Å². The highest BCUT2D eigenvalue weighted by Crippen LogP contribution is 2.21. The minimum atomic E-state index is -0.165. The Labute approximate surface area is 157 Å². The van der Waals surface area contributed by atoms with E-state index in [1.54, 1.807) is 17.6 Å². The third kappa shape index (κ3) is 4.68. The first-order valence-corrected chi connectivity index (χ1v) is 9.58. The number of rotatable bonds is 5. The number of benzene rings is 1. The fourth-order valence-corrected chi connectivity index (χ4v) is 3.66. The first-order valence-electron chi connectivity index (χ1n) is 8.70. The van der Waals surface area contributed by atoms with Gasteiger partial charge in [-0.3, -0.25) is 4.79 Å². The summed E-state index contributed by atoms with van der Waals surface area (Å²) in [5.41, 5.74) is 7.97. The van der Waals surface area contributed by atoms with E-state index < -0.39 is 0 Å². The van der Waals surface area contributed by atoms with Crippen molar-refractivity contribution in [3.8, 4) is 0 Å². The number of hydrazone groups is 1. The molecule has 6 nitrogen and oxygen atoms in total. The third-order valence-electron chi connectivity index (χ3n) is 4.44. The predicted molar refractivity (Wildman–Crippen MR) is 105 cm³/mol. The van der Waals surface area contributed by atoms with Gasteiger partial charge in [0.05, 0.1) is 31.5 Å². The molecule has 0 unspecified atom stereocenters. The Morgan fingerprint density at radius 1 is 1.27 bits per heavy atom. The second kappa shape index (κ2) is 8.42. The van der Waals surface area contributed by atoms with E-state index in [1.165, 1.54) is 11.1 Å². The maximum atomic E-state index is 12.1. The van der Waals surface area contributed by atoms with Crippen molar-refractivity contribution in [1.29, 1.82) is 0 Å². The van der Waals surface area contributed by atoms with Gasteiger partial charge < -0.3 is 9.64 Å². The number of thiazole rings is 1. The molecule has 138 valence electrons. The normalized spacial score (nSPS) is 14.8. The van der Waals surface area contributed by atoms with Gasteiger partial charge in [-0.15, -0.1) is 11.3 Å². The molecule has 7 heteroatoms. The molecule has 0 aliphatic carbocycles. The Hall–Kier alpha value is -2.25. The smallest absolute Gasteiger partial charge is 0.246 e. The van der Waals surface area contributed by atoms with Crippen molar-refractivity contribution in [2.24, 2.45) is 5.10 Å². The van der Waals surface area contributed by atoms with Gasteiger partial charge in [0.2, 0.25) is 5.91 Å². The van der Waals surface area contributed by atoms with Crippen molar-refractivity contribution >= 4 is 28.6 Å². The lowest BCUT2D eigenvalue weighted by molar-refractivity contribution is -0.120. The van der Waals surface area contributed by atoms with Gasteiger partial charge in [-0.2, -0.15) is 5.10 Å². The molecule has 0 saturated carbocycles. The molecule has 3 rings (SSSR count). The Bertz CT molecular complexity index is 810. The molecular weight excluding hydrogens is 348 g/mol. The monoisotopic (exact) mass is 372 g/mol. The highest BCUT2D eigenvalue weighted by atomic mass is 32.1. The zero-order valence-corrected chi connectivity index (χ0v) is 16.2. The summed E-state index contributed by atoms with van der Waals surface area (Å²) in [5.74, 6) is -0.165. The van der Waals surface area contributed by atoms with Crippen LogP contribution in [0.2, 0.25) is 0 Å². The van der Waals surface area contributed by atoms with Crippen LogP contribution in [0.3, 0.4) is 0 Å². The number of nitrogens with zero attached hydrogens (tertiary/aromatic N) is 3. The number of nitrogens with one attached hydrogen (secondary N) is 1. The van der Waals surface area contributed by atoms with Crippen molar-refractivity contribution in [2.45, 2.75) is 27.2 Å². The van der Waals surface area contributed by atoms with E-state index in [4.69, 9.17) is 4.74 Å². The lowest BCUT2D eigenvalue weighted by atomic mass is 10.0. The molecule has 1 aliphatic rings. The molecule has 0 bridgehead atoms. The molecule has 2 heterocycles. The van der Waals surface area contributed by atoms with Crippen LogP contribution in [0.5, 0.6) is 0 Å². The van der Waals surface area contributed by atoms with Crippen LogP contribution in [-0.4, -0.2) is 43.4 Å². The molecule has 0 spiro atoms. The summed E-state index contributed by atoms with van der Waals surface area (Å²) in [5, 5.41) is 6.97. The molecule has 1 saturated heterocycles. The molecule has 1 aliphatic heterocycles. The Kier molecular flexibility index (Phi) is 6.00. The summed E-state index contributed by atoms with van der Waals surface area (Å²) in [6, 6.07) is 4.20. The van der Waals surface area contributed by atoms with Crippen LogP contribution in [0, 0.1) is 20.8 Å². The SMILES string of the molecule is Cc1cc(C)c(/C=N\NC(=O)Cc2csc(N3CCOCC3)n2)cc1C. The molecule has 1 amide bonds. The Morgan fingerprint density at radius 3 is 2.77 bits per heavy atom. The number of carbonyl (C=O) groups excluding carboxylic acids is 1. The van der Waals surface area contributed by atoms with Crippen LogP contribution in [-0.2, 0) is 16.0 Å². The summed E-state index contributed by atoms with van der Waals surface area (Å²) < 4.78 is 5.35. The maximum absolute atomic E-state index is 12.1. The van der Waals surface area contributed by atoms with Crippen molar-refractivity contribution in [2.75, 3.05) is 31.2 Å². The summed E-state index contributed by atoms with van der Waals surface area (Å²) in [7, 11) is 0. The highest BCUT2D eigenvalue weighted by Gasteiger charge is 2.15. The molecule has 0 radical (unpaired) electrons. The van der Waals surface area contributed by atoms with E-state index in [1.807, 2.05) is 12.3 Å². The Balaban J connectivity index is 1.54. The van der Waals surface area contributed by atoms with E-state index >= 15 is 0 Å².